The van der Waals surface area contributed by atoms with E-state index in [9.17, 15) is 4.79 Å². The van der Waals surface area contributed by atoms with E-state index in [0.29, 0.717) is 17.7 Å². The van der Waals surface area contributed by atoms with Crippen LogP contribution in [0.4, 0.5) is 0 Å². The number of carbonyl (C=O) groups is 1. The van der Waals surface area contributed by atoms with Gasteiger partial charge in [0.1, 0.15) is 0 Å². The van der Waals surface area contributed by atoms with Gasteiger partial charge < -0.3 is 9.30 Å². The molecule has 0 N–H and O–H groups in total. The Balaban J connectivity index is 1.81. The summed E-state index contributed by atoms with van der Waals surface area (Å²) in [4.78, 5) is 16.3. The standard InChI is InChI=1S/C11H14N2O2/c1-2-13-4-3-12-11(13)10(14)9-7-5-15-6-8(7)9/h3-4,7-9H,2,5-6H2,1H3. The van der Waals surface area contributed by atoms with Gasteiger partial charge in [-0.15, -0.1) is 0 Å². The van der Waals surface area contributed by atoms with Crippen LogP contribution in [0.15, 0.2) is 12.4 Å². The van der Waals surface area contributed by atoms with Gasteiger partial charge in [0.25, 0.3) is 0 Å². The molecule has 0 spiro atoms. The summed E-state index contributed by atoms with van der Waals surface area (Å²) in [6.07, 6.45) is 3.56. The summed E-state index contributed by atoms with van der Waals surface area (Å²) in [5.41, 5.74) is 0. The zero-order valence-corrected chi connectivity index (χ0v) is 8.72. The Morgan fingerprint density at radius 2 is 2.33 bits per heavy atom. The molecule has 1 aromatic heterocycles. The number of aromatic nitrogens is 2. The van der Waals surface area contributed by atoms with Crippen LogP contribution in [-0.2, 0) is 11.3 Å². The summed E-state index contributed by atoms with van der Waals surface area (Å²) < 4.78 is 7.20. The van der Waals surface area contributed by atoms with Crippen molar-refractivity contribution < 1.29 is 9.53 Å². The van der Waals surface area contributed by atoms with Crippen LogP contribution in [0.5, 0.6) is 0 Å². The maximum Gasteiger partial charge on any atom is 0.202 e. The van der Waals surface area contributed by atoms with Crippen molar-refractivity contribution in [1.82, 2.24) is 9.55 Å². The minimum absolute atomic E-state index is 0.187. The van der Waals surface area contributed by atoms with E-state index in [1.54, 1.807) is 6.20 Å². The molecule has 3 rings (SSSR count). The van der Waals surface area contributed by atoms with E-state index in [1.165, 1.54) is 0 Å². The molecule has 2 heterocycles. The quantitative estimate of drug-likeness (QED) is 0.692. The Morgan fingerprint density at radius 1 is 1.60 bits per heavy atom. The molecular formula is C11H14N2O2. The van der Waals surface area contributed by atoms with E-state index in [-0.39, 0.29) is 11.7 Å². The summed E-state index contributed by atoms with van der Waals surface area (Å²) in [5.74, 6) is 1.96. The SMILES string of the molecule is CCn1ccnc1C(=O)C1C2COCC21. The van der Waals surface area contributed by atoms with Gasteiger partial charge >= 0.3 is 0 Å². The number of hydrogen-bond acceptors (Lipinski definition) is 3. The predicted octanol–water partition coefficient (Wildman–Crippen LogP) is 0.978. The molecule has 2 fully saturated rings. The largest absolute Gasteiger partial charge is 0.381 e. The Bertz CT molecular complexity index is 389. The molecule has 80 valence electrons. The van der Waals surface area contributed by atoms with Crippen molar-refractivity contribution in [2.45, 2.75) is 13.5 Å². The number of fused-ring (bicyclic) bond motifs is 1. The molecule has 2 unspecified atom stereocenters. The Kier molecular flexibility index (Phi) is 1.92. The number of aryl methyl sites for hydroxylation is 1. The first-order valence-electron chi connectivity index (χ1n) is 5.46. The van der Waals surface area contributed by atoms with Gasteiger partial charge in [0.05, 0.1) is 13.2 Å². The van der Waals surface area contributed by atoms with Crippen molar-refractivity contribution in [3.63, 3.8) is 0 Å². The van der Waals surface area contributed by atoms with E-state index in [2.05, 4.69) is 4.98 Å². The van der Waals surface area contributed by atoms with Gasteiger partial charge in [0.2, 0.25) is 5.78 Å². The van der Waals surface area contributed by atoms with Crippen molar-refractivity contribution in [3.8, 4) is 0 Å². The molecule has 0 bridgehead atoms. The van der Waals surface area contributed by atoms with Gasteiger partial charge in [-0.3, -0.25) is 4.79 Å². The zero-order chi connectivity index (χ0) is 10.4. The summed E-state index contributed by atoms with van der Waals surface area (Å²) >= 11 is 0. The Morgan fingerprint density at radius 3 is 3.00 bits per heavy atom. The van der Waals surface area contributed by atoms with Crippen molar-refractivity contribution in [1.29, 1.82) is 0 Å². The highest BCUT2D eigenvalue weighted by atomic mass is 16.5. The monoisotopic (exact) mass is 206 g/mol. The second-order valence-corrected chi connectivity index (χ2v) is 4.29. The third kappa shape index (κ3) is 1.24. The molecular weight excluding hydrogens is 192 g/mol. The lowest BCUT2D eigenvalue weighted by Gasteiger charge is -2.05. The highest BCUT2D eigenvalue weighted by molar-refractivity contribution is 5.97. The molecule has 1 saturated heterocycles. The Labute approximate surface area is 88.3 Å². The van der Waals surface area contributed by atoms with Gasteiger partial charge in [-0.05, 0) is 18.8 Å². The fraction of sp³-hybridized carbons (Fsp3) is 0.636. The maximum absolute atomic E-state index is 12.1. The fourth-order valence-corrected chi connectivity index (χ4v) is 2.57. The van der Waals surface area contributed by atoms with E-state index >= 15 is 0 Å². The van der Waals surface area contributed by atoms with Crippen LogP contribution in [-0.4, -0.2) is 28.5 Å². The van der Waals surface area contributed by atoms with Crippen LogP contribution in [0.25, 0.3) is 0 Å². The second kappa shape index (κ2) is 3.17. The van der Waals surface area contributed by atoms with Crippen molar-refractivity contribution >= 4 is 5.78 Å². The van der Waals surface area contributed by atoms with E-state index in [1.807, 2.05) is 17.7 Å². The highest BCUT2D eigenvalue weighted by Crippen LogP contribution is 2.51. The van der Waals surface area contributed by atoms with Crippen LogP contribution >= 0.6 is 0 Å². The van der Waals surface area contributed by atoms with Crippen molar-refractivity contribution in [3.05, 3.63) is 18.2 Å². The topological polar surface area (TPSA) is 44.1 Å². The van der Waals surface area contributed by atoms with Crippen molar-refractivity contribution in [2.75, 3.05) is 13.2 Å². The van der Waals surface area contributed by atoms with Crippen LogP contribution in [0.1, 0.15) is 17.5 Å². The van der Waals surface area contributed by atoms with Gasteiger partial charge in [-0.25, -0.2) is 4.98 Å². The molecule has 4 heteroatoms. The Hall–Kier alpha value is -1.16. The first-order chi connectivity index (χ1) is 7.33. The summed E-state index contributed by atoms with van der Waals surface area (Å²) in [5, 5.41) is 0. The lowest BCUT2D eigenvalue weighted by atomic mass is 10.2. The van der Waals surface area contributed by atoms with E-state index in [0.717, 1.165) is 19.8 Å². The molecule has 15 heavy (non-hydrogen) atoms. The number of nitrogens with zero attached hydrogens (tertiary/aromatic N) is 2. The first-order valence-corrected chi connectivity index (χ1v) is 5.46. The number of carbonyl (C=O) groups excluding carboxylic acids is 1. The predicted molar refractivity (Wildman–Crippen MR) is 53.5 cm³/mol. The molecule has 1 aliphatic heterocycles. The summed E-state index contributed by atoms with van der Waals surface area (Å²) in [6, 6.07) is 0. The normalized spacial score (nSPS) is 32.7. The highest BCUT2D eigenvalue weighted by Gasteiger charge is 2.58. The number of ether oxygens (including phenoxy) is 1. The maximum atomic E-state index is 12.1. The van der Waals surface area contributed by atoms with Gasteiger partial charge in [0, 0.05) is 24.9 Å². The fourth-order valence-electron chi connectivity index (χ4n) is 2.57. The molecule has 0 amide bonds. The van der Waals surface area contributed by atoms with E-state index < -0.39 is 0 Å². The van der Waals surface area contributed by atoms with Gasteiger partial charge in [0.15, 0.2) is 5.82 Å². The molecule has 2 aliphatic rings. The van der Waals surface area contributed by atoms with Crippen LogP contribution < -0.4 is 0 Å². The molecule has 4 nitrogen and oxygen atoms in total. The van der Waals surface area contributed by atoms with Crippen molar-refractivity contribution in [2.24, 2.45) is 17.8 Å². The number of imidazole rings is 1. The smallest absolute Gasteiger partial charge is 0.202 e. The number of Topliss-reactive ketones (excluding diaryl/α,β-unsaturated/α-hetero) is 1. The lowest BCUT2D eigenvalue weighted by molar-refractivity contribution is 0.0879. The lowest BCUT2D eigenvalue weighted by Crippen LogP contribution is -2.15. The third-order valence-electron chi connectivity index (χ3n) is 3.53. The average Bonchev–Trinajstić information content (AvgIpc) is 2.72. The van der Waals surface area contributed by atoms with Crippen LogP contribution in [0.3, 0.4) is 0 Å². The minimum Gasteiger partial charge on any atom is -0.381 e. The number of rotatable bonds is 3. The van der Waals surface area contributed by atoms with E-state index in [4.69, 9.17) is 4.74 Å². The molecule has 1 aliphatic carbocycles. The summed E-state index contributed by atoms with van der Waals surface area (Å²) in [7, 11) is 0. The van der Waals surface area contributed by atoms with Gasteiger partial charge in [-0.2, -0.15) is 0 Å². The van der Waals surface area contributed by atoms with Gasteiger partial charge in [-0.1, -0.05) is 0 Å². The number of ketones is 1. The number of hydrogen-bond donors (Lipinski definition) is 0. The second-order valence-electron chi connectivity index (χ2n) is 4.29. The zero-order valence-electron chi connectivity index (χ0n) is 8.72. The first kappa shape index (κ1) is 9.09. The average molecular weight is 206 g/mol. The molecule has 1 saturated carbocycles. The minimum atomic E-state index is 0.187. The third-order valence-corrected chi connectivity index (χ3v) is 3.53. The summed E-state index contributed by atoms with van der Waals surface area (Å²) in [6.45, 7) is 4.34. The van der Waals surface area contributed by atoms with Crippen LogP contribution in [0.2, 0.25) is 0 Å². The molecule has 2 atom stereocenters. The molecule has 1 aromatic rings. The van der Waals surface area contributed by atoms with Crippen LogP contribution in [0, 0.1) is 17.8 Å². The molecule has 0 radical (unpaired) electrons. The molecule has 0 aromatic carbocycles.